The van der Waals surface area contributed by atoms with Crippen molar-refractivity contribution in [1.29, 1.82) is 0 Å². The number of hydrogen-bond donors (Lipinski definition) is 0. The van der Waals surface area contributed by atoms with Gasteiger partial charge in [0.25, 0.3) is 0 Å². The highest BCUT2D eigenvalue weighted by Crippen LogP contribution is 2.28. The van der Waals surface area contributed by atoms with Gasteiger partial charge in [-0.15, -0.1) is 0 Å². The highest BCUT2D eigenvalue weighted by atomic mass is 16.8. The molecule has 30 heavy (non-hydrogen) atoms. The van der Waals surface area contributed by atoms with Gasteiger partial charge in [0.15, 0.2) is 11.6 Å². The Hall–Kier alpha value is -3.00. The highest BCUT2D eigenvalue weighted by Gasteiger charge is 2.42. The Morgan fingerprint density at radius 3 is 2.47 bits per heavy atom. The normalized spacial score (nSPS) is 17.3. The first kappa shape index (κ1) is 21.7. The molecule has 8 heteroatoms. The van der Waals surface area contributed by atoms with Gasteiger partial charge in [-0.05, 0) is 50.5 Å². The van der Waals surface area contributed by atoms with Gasteiger partial charge in [-0.2, -0.15) is 0 Å². The molecule has 0 radical (unpaired) electrons. The van der Waals surface area contributed by atoms with E-state index in [0.29, 0.717) is 18.9 Å². The summed E-state index contributed by atoms with van der Waals surface area (Å²) in [7, 11) is 0. The van der Waals surface area contributed by atoms with Crippen LogP contribution >= 0.6 is 0 Å². The number of Topliss-reactive ketones (excluding diaryl/α,β-unsaturated/α-hetero) is 1. The number of epoxide rings is 1. The molecule has 0 amide bonds. The summed E-state index contributed by atoms with van der Waals surface area (Å²) in [6.45, 7) is 4.20. The molecule has 0 unspecified atom stereocenters. The number of hydrogen-bond acceptors (Lipinski definition) is 8. The zero-order valence-electron chi connectivity index (χ0n) is 17.2. The van der Waals surface area contributed by atoms with Crippen LogP contribution < -0.4 is 9.47 Å². The quantitative estimate of drug-likeness (QED) is 0.304. The molecule has 0 N–H and O–H groups in total. The third kappa shape index (κ3) is 6.81. The molecule has 0 spiro atoms. The Kier molecular flexibility index (Phi) is 7.73. The molecule has 1 aromatic heterocycles. The van der Waals surface area contributed by atoms with Crippen molar-refractivity contribution in [2.75, 3.05) is 6.61 Å². The maximum absolute atomic E-state index is 11.8. The molecule has 2 aromatic rings. The molecule has 1 fully saturated rings. The van der Waals surface area contributed by atoms with E-state index in [0.717, 1.165) is 37.0 Å². The number of carbonyl (C=O) groups excluding carboxylic acids is 2. The number of carbonyl (C=O) groups is 2. The fourth-order valence-corrected chi connectivity index (χ4v) is 2.82. The molecule has 2 heterocycles. The van der Waals surface area contributed by atoms with Crippen molar-refractivity contribution in [3.8, 4) is 22.9 Å². The maximum atomic E-state index is 11.8. The first-order valence-electron chi connectivity index (χ1n) is 10.1. The molecule has 0 aliphatic carbocycles. The average Bonchev–Trinajstić information content (AvgIpc) is 3.46. The van der Waals surface area contributed by atoms with Gasteiger partial charge < -0.3 is 23.7 Å². The van der Waals surface area contributed by atoms with Crippen molar-refractivity contribution in [2.24, 2.45) is 0 Å². The van der Waals surface area contributed by atoms with E-state index >= 15 is 0 Å². The number of aromatic nitrogens is 2. The van der Waals surface area contributed by atoms with Crippen LogP contribution in [0.2, 0.25) is 0 Å². The van der Waals surface area contributed by atoms with Crippen molar-refractivity contribution in [3.05, 3.63) is 36.7 Å². The Morgan fingerprint density at radius 2 is 1.80 bits per heavy atom. The summed E-state index contributed by atoms with van der Waals surface area (Å²) in [5, 5.41) is 0. The zero-order chi connectivity index (χ0) is 21.3. The fraction of sp³-hybridized carbons (Fsp3) is 0.455. The van der Waals surface area contributed by atoms with E-state index in [4.69, 9.17) is 18.9 Å². The zero-order valence-corrected chi connectivity index (χ0v) is 17.2. The summed E-state index contributed by atoms with van der Waals surface area (Å²) in [5.74, 6) is 1.64. The van der Waals surface area contributed by atoms with E-state index < -0.39 is 12.4 Å². The van der Waals surface area contributed by atoms with Crippen molar-refractivity contribution >= 4 is 11.9 Å². The maximum Gasteiger partial charge on any atom is 0.516 e. The van der Waals surface area contributed by atoms with Crippen molar-refractivity contribution in [2.45, 2.75) is 58.3 Å². The van der Waals surface area contributed by atoms with Gasteiger partial charge in [-0.1, -0.05) is 13.3 Å². The van der Waals surface area contributed by atoms with Gasteiger partial charge in [0.2, 0.25) is 6.29 Å². The van der Waals surface area contributed by atoms with Crippen LogP contribution in [0.3, 0.4) is 0 Å². The predicted octanol–water partition coefficient (Wildman–Crippen LogP) is 4.32. The van der Waals surface area contributed by atoms with Gasteiger partial charge in [0.05, 0.1) is 19.0 Å². The Balaban J connectivity index is 1.44. The molecule has 0 saturated carbocycles. The summed E-state index contributed by atoms with van der Waals surface area (Å²) < 4.78 is 21.0. The third-order valence-corrected chi connectivity index (χ3v) is 4.46. The van der Waals surface area contributed by atoms with Crippen LogP contribution in [0.1, 0.15) is 46.0 Å². The molecular formula is C22H26N2O6. The lowest BCUT2D eigenvalue weighted by molar-refractivity contribution is -0.117. The molecule has 1 aromatic carbocycles. The predicted molar refractivity (Wildman–Crippen MR) is 108 cm³/mol. The van der Waals surface area contributed by atoms with Crippen LogP contribution in [0.5, 0.6) is 11.5 Å². The second-order valence-corrected chi connectivity index (χ2v) is 7.08. The van der Waals surface area contributed by atoms with Gasteiger partial charge in [-0.25, -0.2) is 14.8 Å². The molecule has 2 atom stereocenters. The second-order valence-electron chi connectivity index (χ2n) is 7.08. The van der Waals surface area contributed by atoms with Gasteiger partial charge in [0, 0.05) is 12.0 Å². The van der Waals surface area contributed by atoms with Gasteiger partial charge >= 0.3 is 6.16 Å². The summed E-state index contributed by atoms with van der Waals surface area (Å²) >= 11 is 0. The number of benzene rings is 1. The average molecular weight is 414 g/mol. The smallest absolute Gasteiger partial charge is 0.494 e. The second kappa shape index (κ2) is 10.7. The van der Waals surface area contributed by atoms with E-state index in [1.165, 1.54) is 12.4 Å². The largest absolute Gasteiger partial charge is 0.516 e. The van der Waals surface area contributed by atoms with Gasteiger partial charge in [-0.3, -0.25) is 0 Å². The molecule has 0 bridgehead atoms. The first-order chi connectivity index (χ1) is 14.5. The minimum atomic E-state index is -0.834. The van der Waals surface area contributed by atoms with Crippen LogP contribution in [-0.2, 0) is 14.3 Å². The van der Waals surface area contributed by atoms with Crippen LogP contribution in [0.15, 0.2) is 36.7 Å². The fourth-order valence-electron chi connectivity index (χ4n) is 2.82. The molecule has 1 saturated heterocycles. The lowest BCUT2D eigenvalue weighted by Crippen LogP contribution is -2.14. The van der Waals surface area contributed by atoms with Crippen LogP contribution in [0.4, 0.5) is 4.79 Å². The topological polar surface area (TPSA) is 100 Å². The number of rotatable bonds is 11. The van der Waals surface area contributed by atoms with E-state index in [2.05, 4.69) is 9.97 Å². The highest BCUT2D eigenvalue weighted by molar-refractivity contribution is 5.75. The number of ether oxygens (including phenoxy) is 4. The first-order valence-corrected chi connectivity index (χ1v) is 10.1. The molecule has 160 valence electrons. The molecule has 8 nitrogen and oxygen atoms in total. The Bertz CT molecular complexity index is 838. The third-order valence-electron chi connectivity index (χ3n) is 4.46. The Morgan fingerprint density at radius 1 is 1.07 bits per heavy atom. The van der Waals surface area contributed by atoms with Crippen molar-refractivity contribution < 1.29 is 28.5 Å². The minimum Gasteiger partial charge on any atom is -0.494 e. The number of nitrogens with zero attached hydrogens (tertiary/aromatic N) is 2. The summed E-state index contributed by atoms with van der Waals surface area (Å²) in [6, 6.07) is 7.39. The lowest BCUT2D eigenvalue weighted by atomic mass is 10.2. The molecule has 1 aliphatic rings. The van der Waals surface area contributed by atoms with E-state index in [1.807, 2.05) is 31.2 Å². The lowest BCUT2D eigenvalue weighted by Gasteiger charge is -2.07. The van der Waals surface area contributed by atoms with E-state index in [9.17, 15) is 9.59 Å². The number of ketones is 1. The van der Waals surface area contributed by atoms with Crippen LogP contribution in [0, 0.1) is 0 Å². The standard InChI is InChI=1S/C22H26N2O6/c1-3-6-19-21(29-19)30-22(26)28-18-13-23-20(24-14-18)16-8-10-17(11-9-16)27-12-5-4-7-15(2)25/h8-11,13-14,19,21H,3-7,12H2,1-2H3/t19-,21-/m1/s1. The van der Waals surface area contributed by atoms with Gasteiger partial charge in [0.1, 0.15) is 17.6 Å². The van der Waals surface area contributed by atoms with E-state index in [-0.39, 0.29) is 17.6 Å². The monoisotopic (exact) mass is 414 g/mol. The van der Waals surface area contributed by atoms with Crippen LogP contribution in [0.25, 0.3) is 11.4 Å². The summed E-state index contributed by atoms with van der Waals surface area (Å²) in [5.41, 5.74) is 0.807. The SMILES string of the molecule is CCC[C@H]1O[C@@H]1OC(=O)Oc1cnc(-c2ccc(OCCCCC(C)=O)cc2)nc1. The van der Waals surface area contributed by atoms with Crippen LogP contribution in [-0.4, -0.2) is 40.9 Å². The van der Waals surface area contributed by atoms with E-state index in [1.54, 1.807) is 6.92 Å². The molecular weight excluding hydrogens is 388 g/mol. The number of unbranched alkanes of at least 4 members (excludes halogenated alkanes) is 1. The summed E-state index contributed by atoms with van der Waals surface area (Å²) in [4.78, 5) is 31.1. The minimum absolute atomic E-state index is 0.0336. The molecule has 3 rings (SSSR count). The summed E-state index contributed by atoms with van der Waals surface area (Å²) in [6.07, 6.45) is 5.51. The Labute approximate surface area is 175 Å². The van der Waals surface area contributed by atoms with Crippen molar-refractivity contribution in [1.82, 2.24) is 9.97 Å². The van der Waals surface area contributed by atoms with Crippen molar-refractivity contribution in [3.63, 3.8) is 0 Å². The molecule has 1 aliphatic heterocycles.